The SMILES string of the molecule is O=c1c2c(-c3ccc(F)cc3)n3ncnc3nc2ccn1Cc1cccnc1. The quantitative estimate of drug-likeness (QED) is 0.487. The summed E-state index contributed by atoms with van der Waals surface area (Å²) in [5.74, 6) is 0.0159. The predicted octanol–water partition coefficient (Wildman–Crippen LogP) is 2.69. The van der Waals surface area contributed by atoms with E-state index in [0.717, 1.165) is 5.56 Å². The summed E-state index contributed by atoms with van der Waals surface area (Å²) < 4.78 is 16.5. The second-order valence-electron chi connectivity index (χ2n) is 6.31. The Bertz CT molecular complexity index is 1360. The zero-order valence-electron chi connectivity index (χ0n) is 14.5. The number of halogens is 1. The highest BCUT2D eigenvalue weighted by Crippen LogP contribution is 2.26. The van der Waals surface area contributed by atoms with E-state index in [9.17, 15) is 9.18 Å². The van der Waals surface area contributed by atoms with Gasteiger partial charge in [0.25, 0.3) is 11.3 Å². The molecular formula is C20H13FN6O. The lowest BCUT2D eigenvalue weighted by Crippen LogP contribution is -2.22. The average Bonchev–Trinajstić information content (AvgIpc) is 3.18. The van der Waals surface area contributed by atoms with Crippen molar-refractivity contribution in [1.82, 2.24) is 29.1 Å². The molecule has 0 saturated heterocycles. The van der Waals surface area contributed by atoms with Gasteiger partial charge < -0.3 is 4.57 Å². The molecule has 0 spiro atoms. The van der Waals surface area contributed by atoms with Gasteiger partial charge in [-0.3, -0.25) is 9.78 Å². The third-order valence-corrected chi connectivity index (χ3v) is 4.54. The molecule has 0 bridgehead atoms. The van der Waals surface area contributed by atoms with Gasteiger partial charge in [0.2, 0.25) is 0 Å². The van der Waals surface area contributed by atoms with Crippen molar-refractivity contribution >= 4 is 16.7 Å². The topological polar surface area (TPSA) is 78.0 Å². The number of hydrogen-bond donors (Lipinski definition) is 0. The number of hydrogen-bond acceptors (Lipinski definition) is 5. The first kappa shape index (κ1) is 16.2. The molecule has 0 atom stereocenters. The van der Waals surface area contributed by atoms with E-state index in [2.05, 4.69) is 20.1 Å². The number of rotatable bonds is 3. The van der Waals surface area contributed by atoms with Crippen LogP contribution in [0.2, 0.25) is 0 Å². The van der Waals surface area contributed by atoms with Gasteiger partial charge >= 0.3 is 0 Å². The molecular weight excluding hydrogens is 359 g/mol. The Morgan fingerprint density at radius 2 is 1.93 bits per heavy atom. The lowest BCUT2D eigenvalue weighted by molar-refractivity contribution is 0.628. The fourth-order valence-electron chi connectivity index (χ4n) is 3.25. The number of aromatic nitrogens is 6. The summed E-state index contributed by atoms with van der Waals surface area (Å²) in [6, 6.07) is 11.4. The standard InChI is InChI=1S/C20H13FN6O/c21-15-5-3-14(4-6-15)18-17-16(25-20-23-12-24-27(18)20)7-9-26(19(17)28)11-13-2-1-8-22-10-13/h1-10,12H,11H2. The lowest BCUT2D eigenvalue weighted by atomic mass is 10.1. The van der Waals surface area contributed by atoms with E-state index in [-0.39, 0.29) is 11.4 Å². The van der Waals surface area contributed by atoms with Crippen LogP contribution in [-0.4, -0.2) is 29.1 Å². The maximum atomic E-state index is 13.4. The molecule has 0 aliphatic rings. The van der Waals surface area contributed by atoms with Crippen molar-refractivity contribution in [3.05, 3.63) is 89.1 Å². The van der Waals surface area contributed by atoms with Gasteiger partial charge in [-0.1, -0.05) is 6.07 Å². The highest BCUT2D eigenvalue weighted by Gasteiger charge is 2.17. The Balaban J connectivity index is 1.81. The molecule has 0 aliphatic carbocycles. The molecule has 0 fully saturated rings. The van der Waals surface area contributed by atoms with Crippen molar-refractivity contribution in [1.29, 1.82) is 0 Å². The average molecular weight is 372 g/mol. The second-order valence-corrected chi connectivity index (χ2v) is 6.31. The van der Waals surface area contributed by atoms with E-state index in [1.807, 2.05) is 12.1 Å². The second kappa shape index (κ2) is 6.34. The molecule has 1 aromatic carbocycles. The minimum atomic E-state index is -0.356. The Hall–Kier alpha value is -3.94. The monoisotopic (exact) mass is 372 g/mol. The van der Waals surface area contributed by atoms with Crippen LogP contribution in [0.3, 0.4) is 0 Å². The molecule has 8 heteroatoms. The number of pyridine rings is 2. The number of nitrogens with zero attached hydrogens (tertiary/aromatic N) is 6. The Morgan fingerprint density at radius 3 is 2.71 bits per heavy atom. The highest BCUT2D eigenvalue weighted by atomic mass is 19.1. The first-order chi connectivity index (χ1) is 13.7. The summed E-state index contributed by atoms with van der Waals surface area (Å²) >= 11 is 0. The molecule has 28 heavy (non-hydrogen) atoms. The fraction of sp³-hybridized carbons (Fsp3) is 0.0500. The summed E-state index contributed by atoms with van der Waals surface area (Å²) in [5, 5.41) is 4.61. The van der Waals surface area contributed by atoms with Crippen LogP contribution in [-0.2, 0) is 6.54 Å². The largest absolute Gasteiger partial charge is 0.310 e. The zero-order valence-corrected chi connectivity index (χ0v) is 14.5. The Morgan fingerprint density at radius 1 is 1.07 bits per heavy atom. The lowest BCUT2D eigenvalue weighted by Gasteiger charge is -2.11. The molecule has 0 unspecified atom stereocenters. The first-order valence-electron chi connectivity index (χ1n) is 8.58. The third kappa shape index (κ3) is 2.62. The van der Waals surface area contributed by atoms with Crippen molar-refractivity contribution in [3.63, 3.8) is 0 Å². The van der Waals surface area contributed by atoms with Gasteiger partial charge in [0.15, 0.2) is 0 Å². The zero-order chi connectivity index (χ0) is 19.1. The molecule has 5 rings (SSSR count). The fourth-order valence-corrected chi connectivity index (χ4v) is 3.25. The Labute approximate surface area is 157 Å². The minimum absolute atomic E-state index is 0.217. The van der Waals surface area contributed by atoms with Crippen LogP contribution in [0.5, 0.6) is 0 Å². The van der Waals surface area contributed by atoms with E-state index in [0.29, 0.717) is 34.5 Å². The van der Waals surface area contributed by atoms with Crippen LogP contribution in [0.25, 0.3) is 27.9 Å². The van der Waals surface area contributed by atoms with E-state index in [4.69, 9.17) is 0 Å². The van der Waals surface area contributed by atoms with Crippen molar-refractivity contribution in [3.8, 4) is 11.3 Å². The molecule has 0 aliphatic heterocycles. The summed E-state index contributed by atoms with van der Waals surface area (Å²) in [6.07, 6.45) is 6.48. The van der Waals surface area contributed by atoms with Crippen molar-refractivity contribution in [2.24, 2.45) is 0 Å². The maximum Gasteiger partial charge on any atom is 0.262 e. The third-order valence-electron chi connectivity index (χ3n) is 4.54. The smallest absolute Gasteiger partial charge is 0.262 e. The van der Waals surface area contributed by atoms with Gasteiger partial charge in [0, 0.05) is 24.2 Å². The van der Waals surface area contributed by atoms with E-state index < -0.39 is 0 Å². The normalized spacial score (nSPS) is 11.3. The van der Waals surface area contributed by atoms with Gasteiger partial charge in [-0.25, -0.2) is 9.37 Å². The Kier molecular flexibility index (Phi) is 3.68. The van der Waals surface area contributed by atoms with Crippen LogP contribution in [0.4, 0.5) is 4.39 Å². The number of fused-ring (bicyclic) bond motifs is 2. The maximum absolute atomic E-state index is 13.4. The van der Waals surface area contributed by atoms with Gasteiger partial charge in [-0.05, 0) is 42.0 Å². The molecule has 5 aromatic rings. The van der Waals surface area contributed by atoms with E-state index in [1.165, 1.54) is 23.0 Å². The van der Waals surface area contributed by atoms with Crippen LogP contribution >= 0.6 is 0 Å². The molecule has 0 saturated carbocycles. The van der Waals surface area contributed by atoms with Gasteiger partial charge in [-0.15, -0.1) is 0 Å². The summed E-state index contributed by atoms with van der Waals surface area (Å²) in [6.45, 7) is 0.376. The summed E-state index contributed by atoms with van der Waals surface area (Å²) in [5.41, 5.74) is 2.38. The number of benzene rings is 1. The van der Waals surface area contributed by atoms with Crippen LogP contribution in [0.15, 0.2) is 72.2 Å². The summed E-state index contributed by atoms with van der Waals surface area (Å²) in [7, 11) is 0. The predicted molar refractivity (Wildman–Crippen MR) is 101 cm³/mol. The van der Waals surface area contributed by atoms with Crippen molar-refractivity contribution in [2.75, 3.05) is 0 Å². The first-order valence-corrected chi connectivity index (χ1v) is 8.58. The molecule has 136 valence electrons. The van der Waals surface area contributed by atoms with E-state index >= 15 is 0 Å². The van der Waals surface area contributed by atoms with Gasteiger partial charge in [0.1, 0.15) is 12.1 Å². The van der Waals surface area contributed by atoms with Crippen LogP contribution in [0, 0.1) is 5.82 Å². The van der Waals surface area contributed by atoms with Crippen molar-refractivity contribution in [2.45, 2.75) is 6.54 Å². The molecule has 4 aromatic heterocycles. The molecule has 0 N–H and O–H groups in total. The molecule has 0 radical (unpaired) electrons. The van der Waals surface area contributed by atoms with Gasteiger partial charge in [-0.2, -0.15) is 14.6 Å². The van der Waals surface area contributed by atoms with Crippen molar-refractivity contribution < 1.29 is 4.39 Å². The minimum Gasteiger partial charge on any atom is -0.310 e. The van der Waals surface area contributed by atoms with Gasteiger partial charge in [0.05, 0.1) is 23.1 Å². The summed E-state index contributed by atoms with van der Waals surface area (Å²) in [4.78, 5) is 26.0. The molecule has 7 nitrogen and oxygen atoms in total. The molecule has 0 amide bonds. The van der Waals surface area contributed by atoms with Crippen LogP contribution < -0.4 is 5.56 Å². The molecule has 4 heterocycles. The highest BCUT2D eigenvalue weighted by molar-refractivity contribution is 5.93. The van der Waals surface area contributed by atoms with E-state index in [1.54, 1.807) is 41.4 Å². The van der Waals surface area contributed by atoms with Crippen LogP contribution in [0.1, 0.15) is 5.56 Å².